The fourth-order valence-electron chi connectivity index (χ4n) is 3.61. The number of nitrogens with one attached hydrogen (secondary N) is 1. The van der Waals surface area contributed by atoms with Crippen molar-refractivity contribution < 1.29 is 0 Å². The summed E-state index contributed by atoms with van der Waals surface area (Å²) in [7, 11) is 1.99. The molecule has 1 fully saturated rings. The molecule has 8 heteroatoms. The smallest absolute Gasteiger partial charge is 0.194 e. The van der Waals surface area contributed by atoms with Crippen LogP contribution in [0.25, 0.3) is 0 Å². The highest BCUT2D eigenvalue weighted by Crippen LogP contribution is 2.18. The van der Waals surface area contributed by atoms with Gasteiger partial charge in [-0.05, 0) is 24.8 Å². The van der Waals surface area contributed by atoms with E-state index in [1.54, 1.807) is 11.3 Å². The molecular weight excluding hydrogens is 358 g/mol. The molecule has 2 aliphatic heterocycles. The number of rotatable bonds is 5. The number of likely N-dealkylation sites (tertiary alicyclic amines) is 1. The summed E-state index contributed by atoms with van der Waals surface area (Å²) in [6.07, 6.45) is 5.72. The van der Waals surface area contributed by atoms with Gasteiger partial charge in [0.05, 0.1) is 6.54 Å². The van der Waals surface area contributed by atoms with Crippen LogP contribution in [0.3, 0.4) is 0 Å². The zero-order valence-electron chi connectivity index (χ0n) is 16.0. The van der Waals surface area contributed by atoms with Crippen molar-refractivity contribution in [1.82, 2.24) is 29.9 Å². The summed E-state index contributed by atoms with van der Waals surface area (Å²) in [6, 6.07) is 4.85. The van der Waals surface area contributed by atoms with Gasteiger partial charge in [-0.1, -0.05) is 18.2 Å². The molecule has 0 aromatic carbocycles. The lowest BCUT2D eigenvalue weighted by molar-refractivity contribution is 0.259. The van der Waals surface area contributed by atoms with E-state index in [-0.39, 0.29) is 0 Å². The molecule has 0 aliphatic carbocycles. The Morgan fingerprint density at radius 2 is 2.19 bits per heavy atom. The average molecular weight is 386 g/mol. The van der Waals surface area contributed by atoms with Crippen LogP contribution in [0.1, 0.15) is 22.9 Å². The molecule has 7 nitrogen and oxygen atoms in total. The normalized spacial score (nSPS) is 20.7. The van der Waals surface area contributed by atoms with Crippen molar-refractivity contribution in [2.24, 2.45) is 12.0 Å². The van der Waals surface area contributed by atoms with Crippen LogP contribution < -0.4 is 5.32 Å². The molecule has 27 heavy (non-hydrogen) atoms. The van der Waals surface area contributed by atoms with Crippen LogP contribution in [0.4, 0.5) is 0 Å². The summed E-state index contributed by atoms with van der Waals surface area (Å²) in [5.74, 6) is 2.78. The molecule has 0 saturated carbocycles. The summed E-state index contributed by atoms with van der Waals surface area (Å²) in [6.45, 7) is 7.52. The SMILES string of the molecule is Cc1nnc(CN=C(NCc2cccs2)N2CCC(N3CC=CC3)C2)n1C. The molecule has 0 bridgehead atoms. The second-order valence-corrected chi connectivity index (χ2v) is 8.14. The van der Waals surface area contributed by atoms with Crippen molar-refractivity contribution in [3.8, 4) is 0 Å². The van der Waals surface area contributed by atoms with Crippen LogP contribution in [-0.4, -0.2) is 62.7 Å². The largest absolute Gasteiger partial charge is 0.351 e. The van der Waals surface area contributed by atoms with Gasteiger partial charge in [-0.25, -0.2) is 4.99 Å². The van der Waals surface area contributed by atoms with Gasteiger partial charge in [0.2, 0.25) is 0 Å². The lowest BCUT2D eigenvalue weighted by atomic mass is 10.2. The number of hydrogen-bond acceptors (Lipinski definition) is 5. The van der Waals surface area contributed by atoms with Crippen LogP contribution >= 0.6 is 11.3 Å². The van der Waals surface area contributed by atoms with E-state index in [0.717, 1.165) is 50.3 Å². The quantitative estimate of drug-likeness (QED) is 0.483. The minimum absolute atomic E-state index is 0.538. The van der Waals surface area contributed by atoms with Gasteiger partial charge in [-0.2, -0.15) is 0 Å². The summed E-state index contributed by atoms with van der Waals surface area (Å²) in [5, 5.41) is 14.1. The first-order chi connectivity index (χ1) is 13.2. The van der Waals surface area contributed by atoms with Crippen LogP contribution in [-0.2, 0) is 20.1 Å². The van der Waals surface area contributed by atoms with E-state index in [2.05, 4.69) is 55.0 Å². The molecule has 4 heterocycles. The fraction of sp³-hybridized carbons (Fsp3) is 0.526. The third-order valence-corrected chi connectivity index (χ3v) is 6.26. The van der Waals surface area contributed by atoms with Crippen LogP contribution in [0.2, 0.25) is 0 Å². The van der Waals surface area contributed by atoms with E-state index < -0.39 is 0 Å². The van der Waals surface area contributed by atoms with Crippen molar-refractivity contribution in [2.45, 2.75) is 32.5 Å². The van der Waals surface area contributed by atoms with E-state index in [9.17, 15) is 0 Å². The van der Waals surface area contributed by atoms with E-state index in [0.29, 0.717) is 12.6 Å². The first-order valence-corrected chi connectivity index (χ1v) is 10.4. The third-order valence-electron chi connectivity index (χ3n) is 5.38. The summed E-state index contributed by atoms with van der Waals surface area (Å²) < 4.78 is 2.00. The lowest BCUT2D eigenvalue weighted by Crippen LogP contribution is -2.42. The average Bonchev–Trinajstić information content (AvgIpc) is 3.45. The molecule has 1 atom stereocenters. The molecule has 1 saturated heterocycles. The highest BCUT2D eigenvalue weighted by Gasteiger charge is 2.29. The number of hydrogen-bond donors (Lipinski definition) is 1. The molecule has 0 spiro atoms. The predicted molar refractivity (Wildman–Crippen MR) is 109 cm³/mol. The minimum atomic E-state index is 0.538. The Morgan fingerprint density at radius 1 is 1.33 bits per heavy atom. The second-order valence-electron chi connectivity index (χ2n) is 7.11. The minimum Gasteiger partial charge on any atom is -0.351 e. The summed E-state index contributed by atoms with van der Waals surface area (Å²) in [5.41, 5.74) is 0. The summed E-state index contributed by atoms with van der Waals surface area (Å²) in [4.78, 5) is 11.1. The second kappa shape index (κ2) is 8.22. The van der Waals surface area contributed by atoms with Crippen molar-refractivity contribution in [1.29, 1.82) is 0 Å². The third kappa shape index (κ3) is 4.22. The van der Waals surface area contributed by atoms with Crippen LogP contribution in [0.5, 0.6) is 0 Å². The molecule has 1 N–H and O–H groups in total. The fourth-order valence-corrected chi connectivity index (χ4v) is 4.25. The molecule has 2 aromatic rings. The zero-order chi connectivity index (χ0) is 18.6. The predicted octanol–water partition coefficient (Wildman–Crippen LogP) is 1.78. The van der Waals surface area contributed by atoms with E-state index in [4.69, 9.17) is 4.99 Å². The molecule has 0 amide bonds. The number of nitrogens with zero attached hydrogens (tertiary/aromatic N) is 6. The Bertz CT molecular complexity index is 800. The number of guanidine groups is 1. The van der Waals surface area contributed by atoms with Gasteiger partial charge in [0.25, 0.3) is 0 Å². The lowest BCUT2D eigenvalue weighted by Gasteiger charge is -2.25. The topological polar surface area (TPSA) is 61.6 Å². The maximum atomic E-state index is 4.89. The van der Waals surface area contributed by atoms with Gasteiger partial charge in [0.15, 0.2) is 11.8 Å². The Labute approximate surface area is 164 Å². The van der Waals surface area contributed by atoms with E-state index in [1.807, 2.05) is 18.5 Å². The van der Waals surface area contributed by atoms with Crippen molar-refractivity contribution in [3.63, 3.8) is 0 Å². The highest BCUT2D eigenvalue weighted by molar-refractivity contribution is 7.09. The van der Waals surface area contributed by atoms with Gasteiger partial charge in [0.1, 0.15) is 12.4 Å². The van der Waals surface area contributed by atoms with Crippen molar-refractivity contribution >= 4 is 17.3 Å². The Kier molecular flexibility index (Phi) is 5.54. The van der Waals surface area contributed by atoms with Gasteiger partial charge < -0.3 is 14.8 Å². The van der Waals surface area contributed by atoms with E-state index >= 15 is 0 Å². The van der Waals surface area contributed by atoms with Crippen LogP contribution in [0.15, 0.2) is 34.7 Å². The zero-order valence-corrected chi connectivity index (χ0v) is 16.8. The highest BCUT2D eigenvalue weighted by atomic mass is 32.1. The summed E-state index contributed by atoms with van der Waals surface area (Å²) >= 11 is 1.77. The molecule has 2 aliphatic rings. The molecular formula is C19H27N7S. The Balaban J connectivity index is 1.45. The van der Waals surface area contributed by atoms with Gasteiger partial charge in [-0.3, -0.25) is 4.90 Å². The Hall–Kier alpha value is -2.19. The number of aryl methyl sites for hydroxylation is 1. The monoisotopic (exact) mass is 385 g/mol. The first kappa shape index (κ1) is 18.2. The first-order valence-electron chi connectivity index (χ1n) is 9.50. The maximum absolute atomic E-state index is 4.89. The van der Waals surface area contributed by atoms with E-state index in [1.165, 1.54) is 11.3 Å². The van der Waals surface area contributed by atoms with Crippen molar-refractivity contribution in [2.75, 3.05) is 26.2 Å². The van der Waals surface area contributed by atoms with Gasteiger partial charge in [-0.15, -0.1) is 21.5 Å². The van der Waals surface area contributed by atoms with Gasteiger partial charge in [0, 0.05) is 44.1 Å². The molecule has 1 unspecified atom stereocenters. The van der Waals surface area contributed by atoms with Gasteiger partial charge >= 0.3 is 0 Å². The van der Waals surface area contributed by atoms with Crippen LogP contribution in [0, 0.1) is 6.92 Å². The standard InChI is InChI=1S/C19H27N7S/c1-15-22-23-18(24(15)2)13-21-19(20-12-17-6-5-11-27-17)26-10-7-16(14-26)25-8-3-4-9-25/h3-6,11,16H,7-10,12-14H2,1-2H3,(H,20,21). The Morgan fingerprint density at radius 3 is 2.89 bits per heavy atom. The van der Waals surface area contributed by atoms with Crippen molar-refractivity contribution in [3.05, 3.63) is 46.2 Å². The maximum Gasteiger partial charge on any atom is 0.194 e. The molecule has 144 valence electrons. The number of thiophene rings is 1. The molecule has 0 radical (unpaired) electrons. The number of aliphatic imine (C=N–C) groups is 1. The molecule has 4 rings (SSSR count). The number of aromatic nitrogens is 3. The molecule has 2 aromatic heterocycles.